The molecule has 0 radical (unpaired) electrons. The summed E-state index contributed by atoms with van der Waals surface area (Å²) in [7, 11) is 6.17. The second-order valence-corrected chi connectivity index (χ2v) is 4.04. The first-order chi connectivity index (χ1) is 7.69. The molecule has 0 amide bonds. The number of ether oxygens (including phenoxy) is 1. The number of nitrogens with zero attached hydrogens (tertiary/aromatic N) is 1. The zero-order chi connectivity index (χ0) is 12.0. The zero-order valence-electron chi connectivity index (χ0n) is 10.7. The van der Waals surface area contributed by atoms with Gasteiger partial charge in [0.2, 0.25) is 0 Å². The molecule has 0 aliphatic heterocycles. The van der Waals surface area contributed by atoms with Crippen molar-refractivity contribution in [3.63, 3.8) is 0 Å². The molecule has 90 valence electrons. The first-order valence-corrected chi connectivity index (χ1v) is 5.72. The molecule has 1 aromatic carbocycles. The van der Waals surface area contributed by atoms with Crippen LogP contribution in [0.25, 0.3) is 0 Å². The number of hydrogen-bond acceptors (Lipinski definition) is 3. The summed E-state index contributed by atoms with van der Waals surface area (Å²) in [5, 5.41) is 3.21. The van der Waals surface area contributed by atoms with Gasteiger partial charge in [0.25, 0.3) is 0 Å². The molecule has 1 N–H and O–H groups in total. The van der Waals surface area contributed by atoms with E-state index in [2.05, 4.69) is 36.4 Å². The van der Waals surface area contributed by atoms with Crippen LogP contribution in [0.15, 0.2) is 24.3 Å². The van der Waals surface area contributed by atoms with E-state index in [9.17, 15) is 0 Å². The van der Waals surface area contributed by atoms with E-state index >= 15 is 0 Å². The Morgan fingerprint density at radius 1 is 1.25 bits per heavy atom. The van der Waals surface area contributed by atoms with Crippen LogP contribution in [-0.2, 0) is 0 Å². The number of benzene rings is 1. The fraction of sp³-hybridized carbons (Fsp3) is 0.538. The fourth-order valence-corrected chi connectivity index (χ4v) is 1.74. The van der Waals surface area contributed by atoms with Crippen LogP contribution in [0.3, 0.4) is 0 Å². The highest BCUT2D eigenvalue weighted by molar-refractivity contribution is 5.29. The summed E-state index contributed by atoms with van der Waals surface area (Å²) in [4.78, 5) is 2.21. The van der Waals surface area contributed by atoms with Gasteiger partial charge in [-0.1, -0.05) is 12.1 Å². The van der Waals surface area contributed by atoms with Gasteiger partial charge in [-0.15, -0.1) is 0 Å². The molecule has 0 spiro atoms. The van der Waals surface area contributed by atoms with Gasteiger partial charge in [-0.25, -0.2) is 0 Å². The predicted octanol–water partition coefficient (Wildman–Crippen LogP) is 1.91. The van der Waals surface area contributed by atoms with Gasteiger partial charge in [-0.3, -0.25) is 0 Å². The summed E-state index contributed by atoms with van der Waals surface area (Å²) in [6.07, 6.45) is 0. The van der Waals surface area contributed by atoms with Gasteiger partial charge < -0.3 is 15.0 Å². The van der Waals surface area contributed by atoms with E-state index in [1.807, 2.05) is 26.1 Å². The molecule has 0 fully saturated rings. The van der Waals surface area contributed by atoms with Gasteiger partial charge in [0.05, 0.1) is 6.61 Å². The molecule has 0 aromatic heterocycles. The smallest absolute Gasteiger partial charge is 0.119 e. The predicted molar refractivity (Wildman–Crippen MR) is 68.0 cm³/mol. The van der Waals surface area contributed by atoms with E-state index in [0.29, 0.717) is 12.6 Å². The van der Waals surface area contributed by atoms with Gasteiger partial charge in [-0.05, 0) is 45.8 Å². The molecular weight excluding hydrogens is 200 g/mol. The van der Waals surface area contributed by atoms with Crippen molar-refractivity contribution in [2.45, 2.75) is 13.0 Å². The Labute approximate surface area is 98.4 Å². The van der Waals surface area contributed by atoms with Crippen LogP contribution in [-0.4, -0.2) is 39.2 Å². The van der Waals surface area contributed by atoms with Crippen LogP contribution in [0.2, 0.25) is 0 Å². The Morgan fingerprint density at radius 3 is 2.31 bits per heavy atom. The van der Waals surface area contributed by atoms with Crippen molar-refractivity contribution >= 4 is 0 Å². The van der Waals surface area contributed by atoms with E-state index < -0.39 is 0 Å². The Balaban J connectivity index is 2.77. The zero-order valence-corrected chi connectivity index (χ0v) is 10.7. The summed E-state index contributed by atoms with van der Waals surface area (Å²) in [5.41, 5.74) is 1.31. The molecule has 0 heterocycles. The van der Waals surface area contributed by atoms with Crippen LogP contribution >= 0.6 is 0 Å². The van der Waals surface area contributed by atoms with Crippen molar-refractivity contribution in [1.82, 2.24) is 10.2 Å². The first-order valence-electron chi connectivity index (χ1n) is 5.72. The average molecular weight is 222 g/mol. The molecular formula is C13H22N2O. The lowest BCUT2D eigenvalue weighted by atomic mass is 10.1. The van der Waals surface area contributed by atoms with Crippen LogP contribution < -0.4 is 10.1 Å². The van der Waals surface area contributed by atoms with Gasteiger partial charge in [0.1, 0.15) is 5.75 Å². The molecule has 1 unspecified atom stereocenters. The second-order valence-electron chi connectivity index (χ2n) is 4.04. The minimum Gasteiger partial charge on any atom is -0.494 e. The van der Waals surface area contributed by atoms with E-state index in [1.165, 1.54) is 5.56 Å². The highest BCUT2D eigenvalue weighted by Crippen LogP contribution is 2.20. The molecule has 3 heteroatoms. The molecule has 1 aromatic rings. The third-order valence-electron chi connectivity index (χ3n) is 2.60. The van der Waals surface area contributed by atoms with Crippen molar-refractivity contribution in [1.29, 1.82) is 0 Å². The van der Waals surface area contributed by atoms with Gasteiger partial charge >= 0.3 is 0 Å². The van der Waals surface area contributed by atoms with Crippen molar-refractivity contribution in [3.05, 3.63) is 29.8 Å². The molecule has 0 aliphatic carbocycles. The Bertz CT molecular complexity index is 295. The van der Waals surface area contributed by atoms with Gasteiger partial charge in [-0.2, -0.15) is 0 Å². The maximum Gasteiger partial charge on any atom is 0.119 e. The first kappa shape index (κ1) is 13.0. The monoisotopic (exact) mass is 222 g/mol. The highest BCUT2D eigenvalue weighted by Gasteiger charge is 2.12. The summed E-state index contributed by atoms with van der Waals surface area (Å²) >= 11 is 0. The summed E-state index contributed by atoms with van der Waals surface area (Å²) in [5.74, 6) is 0.938. The van der Waals surface area contributed by atoms with Crippen molar-refractivity contribution < 1.29 is 4.74 Å². The second kappa shape index (κ2) is 6.51. The Morgan fingerprint density at radius 2 is 1.88 bits per heavy atom. The summed E-state index contributed by atoms with van der Waals surface area (Å²) in [6.45, 7) is 3.66. The molecule has 3 nitrogen and oxygen atoms in total. The van der Waals surface area contributed by atoms with E-state index in [1.54, 1.807) is 0 Å². The fourth-order valence-electron chi connectivity index (χ4n) is 1.74. The van der Waals surface area contributed by atoms with Gasteiger partial charge in [0.15, 0.2) is 0 Å². The Kier molecular flexibility index (Phi) is 5.29. The normalized spacial score (nSPS) is 12.8. The highest BCUT2D eigenvalue weighted by atomic mass is 16.5. The summed E-state index contributed by atoms with van der Waals surface area (Å²) < 4.78 is 5.43. The molecule has 1 atom stereocenters. The van der Waals surface area contributed by atoms with Crippen LogP contribution in [0.1, 0.15) is 18.5 Å². The molecule has 1 rings (SSSR count). The minimum absolute atomic E-state index is 0.403. The number of rotatable bonds is 6. The minimum atomic E-state index is 0.403. The van der Waals surface area contributed by atoms with Crippen LogP contribution in [0, 0.1) is 0 Å². The Hall–Kier alpha value is -1.06. The molecule has 0 saturated carbocycles. The van der Waals surface area contributed by atoms with Crippen LogP contribution in [0.5, 0.6) is 5.75 Å². The number of hydrogen-bond donors (Lipinski definition) is 1. The molecule has 16 heavy (non-hydrogen) atoms. The number of nitrogens with one attached hydrogen (secondary N) is 1. The van der Waals surface area contributed by atoms with Crippen LogP contribution in [0.4, 0.5) is 0 Å². The SMILES string of the molecule is CCOc1ccc(C(CNC)N(C)C)cc1. The standard InChI is InChI=1S/C13H22N2O/c1-5-16-12-8-6-11(7-9-12)13(10-14-2)15(3)4/h6-9,13-14H,5,10H2,1-4H3. The number of likely N-dealkylation sites (N-methyl/N-ethyl adjacent to an activating group) is 2. The van der Waals surface area contributed by atoms with Crippen molar-refractivity contribution in [2.24, 2.45) is 0 Å². The third kappa shape index (κ3) is 3.51. The summed E-state index contributed by atoms with van der Waals surface area (Å²) in [6, 6.07) is 8.73. The lowest BCUT2D eigenvalue weighted by Crippen LogP contribution is -2.29. The largest absolute Gasteiger partial charge is 0.494 e. The van der Waals surface area contributed by atoms with E-state index in [0.717, 1.165) is 12.3 Å². The third-order valence-corrected chi connectivity index (χ3v) is 2.60. The maximum atomic E-state index is 5.43. The molecule has 0 saturated heterocycles. The quantitative estimate of drug-likeness (QED) is 0.795. The molecule has 0 aliphatic rings. The maximum absolute atomic E-state index is 5.43. The van der Waals surface area contributed by atoms with E-state index in [4.69, 9.17) is 4.74 Å². The average Bonchev–Trinajstić information content (AvgIpc) is 2.27. The van der Waals surface area contributed by atoms with Crippen molar-refractivity contribution in [3.8, 4) is 5.75 Å². The van der Waals surface area contributed by atoms with Crippen molar-refractivity contribution in [2.75, 3.05) is 34.3 Å². The van der Waals surface area contributed by atoms with E-state index in [-0.39, 0.29) is 0 Å². The topological polar surface area (TPSA) is 24.5 Å². The van der Waals surface area contributed by atoms with Gasteiger partial charge in [0, 0.05) is 12.6 Å². The molecule has 0 bridgehead atoms. The lowest BCUT2D eigenvalue weighted by molar-refractivity contribution is 0.293. The lowest BCUT2D eigenvalue weighted by Gasteiger charge is -2.24.